The Morgan fingerprint density at radius 1 is 0.217 bits per heavy atom. The van der Waals surface area contributed by atoms with Gasteiger partial charge < -0.3 is 0 Å². The quantitative estimate of drug-likeness (QED) is 0.159. The molecule has 0 aliphatic heterocycles. The molecule has 0 N–H and O–H groups in total. The average Bonchev–Trinajstić information content (AvgIpc) is 4.03. The lowest BCUT2D eigenvalue weighted by Gasteiger charge is -2.18. The van der Waals surface area contributed by atoms with E-state index in [1.165, 1.54) is 98.0 Å². The Hall–Kier alpha value is -8.08. The maximum absolute atomic E-state index is 2.48. The molecule has 0 fully saturated rings. The van der Waals surface area contributed by atoms with E-state index in [2.05, 4.69) is 225 Å². The van der Waals surface area contributed by atoms with E-state index in [0.717, 1.165) is 22.7 Å². The van der Waals surface area contributed by atoms with Gasteiger partial charge in [0.1, 0.15) is 11.3 Å². The van der Waals surface area contributed by atoms with E-state index < -0.39 is 0 Å². The van der Waals surface area contributed by atoms with Crippen molar-refractivity contribution in [2.24, 2.45) is 0 Å². The first-order chi connectivity index (χ1) is 29.8. The summed E-state index contributed by atoms with van der Waals surface area (Å²) in [5.41, 5.74) is 11.8. The Bertz CT molecular complexity index is 3710. The molecule has 0 spiro atoms. The maximum Gasteiger partial charge on any atom is 0.131 e. The van der Waals surface area contributed by atoms with Crippen molar-refractivity contribution < 1.29 is 0 Å². The van der Waals surface area contributed by atoms with Crippen molar-refractivity contribution in [1.29, 1.82) is 0 Å². The molecule has 60 heavy (non-hydrogen) atoms. The molecule has 0 radical (unpaired) electrons. The summed E-state index contributed by atoms with van der Waals surface area (Å²) in [7, 11) is 0. The zero-order chi connectivity index (χ0) is 39.1. The van der Waals surface area contributed by atoms with Gasteiger partial charge in [0, 0.05) is 55.1 Å². The highest BCUT2D eigenvalue weighted by molar-refractivity contribution is 6.27. The number of benzene rings is 10. The van der Waals surface area contributed by atoms with Crippen molar-refractivity contribution in [1.82, 2.24) is 18.3 Å². The van der Waals surface area contributed by atoms with Gasteiger partial charge in [-0.25, -0.2) is 0 Å². The molecule has 0 atom stereocenters. The fraction of sp³-hybridized carbons (Fsp3) is 0. The van der Waals surface area contributed by atoms with Crippen molar-refractivity contribution in [3.63, 3.8) is 0 Å². The third-order valence-electron chi connectivity index (χ3n) is 13.0. The summed E-state index contributed by atoms with van der Waals surface area (Å²) in [6.45, 7) is 0. The molecule has 278 valence electrons. The van der Waals surface area contributed by atoms with Crippen LogP contribution in [-0.2, 0) is 0 Å². The lowest BCUT2D eigenvalue weighted by Crippen LogP contribution is -2.02. The van der Waals surface area contributed by atoms with Crippen LogP contribution in [0.3, 0.4) is 0 Å². The van der Waals surface area contributed by atoms with Crippen LogP contribution in [0.5, 0.6) is 0 Å². The topological polar surface area (TPSA) is 19.7 Å². The van der Waals surface area contributed by atoms with Crippen LogP contribution in [0.15, 0.2) is 206 Å². The predicted octanol–water partition coefficient (Wildman–Crippen LogP) is 14.7. The number of aromatic nitrogens is 4. The Balaban J connectivity index is 1.03. The van der Waals surface area contributed by atoms with Crippen LogP contribution in [0.25, 0.3) is 121 Å². The van der Waals surface area contributed by atoms with Crippen molar-refractivity contribution in [3.8, 4) is 22.7 Å². The van der Waals surface area contributed by atoms with Crippen LogP contribution in [0.1, 0.15) is 0 Å². The Labute approximate surface area is 343 Å². The number of hydrogen-bond donors (Lipinski definition) is 0. The van der Waals surface area contributed by atoms with Crippen LogP contribution in [0.4, 0.5) is 0 Å². The molecule has 4 aromatic heterocycles. The minimum atomic E-state index is 1.15. The van der Waals surface area contributed by atoms with Crippen molar-refractivity contribution in [2.75, 3.05) is 0 Å². The zero-order valence-corrected chi connectivity index (χ0v) is 32.4. The third-order valence-corrected chi connectivity index (χ3v) is 13.0. The van der Waals surface area contributed by atoms with Gasteiger partial charge in [0.25, 0.3) is 0 Å². The molecule has 0 aliphatic carbocycles. The first kappa shape index (κ1) is 31.9. The van der Waals surface area contributed by atoms with Gasteiger partial charge in [0.05, 0.1) is 22.1 Å². The first-order valence-corrected chi connectivity index (χ1v) is 20.7. The number of nitrogens with zero attached hydrogens (tertiary/aromatic N) is 4. The summed E-state index contributed by atoms with van der Waals surface area (Å²) < 4.78 is 9.85. The molecule has 4 nitrogen and oxygen atoms in total. The molecule has 0 amide bonds. The Morgan fingerprint density at radius 3 is 0.800 bits per heavy atom. The second-order valence-corrected chi connectivity index (χ2v) is 16.1. The third kappa shape index (κ3) is 4.14. The number of fused-ring (bicyclic) bond motifs is 10. The SMILES string of the molecule is c1ccc(-n2c3ccccc3c3c4ccccc4n(-c4cc5ccc6cc(-n7c8ccccc8c8c9ccccc9n(-c9ccccc9)c87)cc7ccc(c4)c5c67)c32)cc1. The highest BCUT2D eigenvalue weighted by Crippen LogP contribution is 2.45. The molecule has 14 aromatic rings. The molecule has 14 rings (SSSR count). The molecule has 0 aliphatic rings. The largest absolute Gasteiger partial charge is 0.295 e. The van der Waals surface area contributed by atoms with Crippen LogP contribution in [-0.4, -0.2) is 18.3 Å². The van der Waals surface area contributed by atoms with Crippen molar-refractivity contribution in [3.05, 3.63) is 206 Å². The minimum absolute atomic E-state index is 1.15. The normalized spacial score (nSPS) is 12.3. The molecular weight excluding hydrogens is 729 g/mol. The van der Waals surface area contributed by atoms with Gasteiger partial charge in [-0.3, -0.25) is 18.3 Å². The molecule has 10 aromatic carbocycles. The Kier molecular flexibility index (Phi) is 6.26. The molecule has 0 unspecified atom stereocenters. The molecule has 4 heteroatoms. The van der Waals surface area contributed by atoms with Crippen LogP contribution in [0.2, 0.25) is 0 Å². The van der Waals surface area contributed by atoms with Crippen LogP contribution in [0, 0.1) is 0 Å². The standard InChI is InChI=1S/C56H34N4/c1-3-15-39(16-4-1)57-47-23-11-7-19-43(47)53-45-21-9-13-25-49(45)59(55(53)57)41-31-35-27-29-37-33-42(34-38-30-28-36(32-41)51(35)52(37)38)60-50-26-14-10-22-46(50)54-44-20-8-12-24-48(44)58(56(54)60)40-17-5-2-6-18-40/h1-34H. The van der Waals surface area contributed by atoms with E-state index in [9.17, 15) is 0 Å². The average molecular weight is 763 g/mol. The van der Waals surface area contributed by atoms with E-state index in [1.54, 1.807) is 0 Å². The maximum atomic E-state index is 2.48. The molecule has 4 heterocycles. The fourth-order valence-corrected chi connectivity index (χ4v) is 10.7. The smallest absolute Gasteiger partial charge is 0.131 e. The summed E-state index contributed by atoms with van der Waals surface area (Å²) >= 11 is 0. The summed E-state index contributed by atoms with van der Waals surface area (Å²) in [5.74, 6) is 0. The zero-order valence-electron chi connectivity index (χ0n) is 32.4. The van der Waals surface area contributed by atoms with Gasteiger partial charge in [0.2, 0.25) is 0 Å². The summed E-state index contributed by atoms with van der Waals surface area (Å²) in [4.78, 5) is 0. The van der Waals surface area contributed by atoms with Gasteiger partial charge in [-0.15, -0.1) is 0 Å². The van der Waals surface area contributed by atoms with E-state index in [1.807, 2.05) is 0 Å². The lowest BCUT2D eigenvalue weighted by atomic mass is 9.93. The number of rotatable bonds is 4. The molecule has 0 bridgehead atoms. The second kappa shape index (κ2) is 11.8. The van der Waals surface area contributed by atoms with E-state index in [-0.39, 0.29) is 0 Å². The predicted molar refractivity (Wildman–Crippen MR) is 252 cm³/mol. The minimum Gasteiger partial charge on any atom is -0.295 e. The Morgan fingerprint density at radius 2 is 0.483 bits per heavy atom. The summed E-state index contributed by atoms with van der Waals surface area (Å²) in [6.07, 6.45) is 0. The van der Waals surface area contributed by atoms with Crippen molar-refractivity contribution in [2.45, 2.75) is 0 Å². The van der Waals surface area contributed by atoms with Crippen molar-refractivity contribution >= 4 is 98.0 Å². The molecule has 0 saturated carbocycles. The van der Waals surface area contributed by atoms with Gasteiger partial charge in [0.15, 0.2) is 0 Å². The van der Waals surface area contributed by atoms with Gasteiger partial charge in [-0.05, 0) is 105 Å². The van der Waals surface area contributed by atoms with Crippen LogP contribution < -0.4 is 0 Å². The monoisotopic (exact) mass is 762 g/mol. The van der Waals surface area contributed by atoms with Gasteiger partial charge in [-0.1, -0.05) is 133 Å². The summed E-state index contributed by atoms with van der Waals surface area (Å²) in [5, 5.41) is 15.1. The molecular formula is C56H34N4. The number of hydrogen-bond acceptors (Lipinski definition) is 0. The van der Waals surface area contributed by atoms with Gasteiger partial charge in [-0.2, -0.15) is 0 Å². The first-order valence-electron chi connectivity index (χ1n) is 20.7. The van der Waals surface area contributed by atoms with E-state index in [0.29, 0.717) is 0 Å². The fourth-order valence-electron chi connectivity index (χ4n) is 10.7. The highest BCUT2D eigenvalue weighted by Gasteiger charge is 2.25. The lowest BCUT2D eigenvalue weighted by molar-refractivity contribution is 1.07. The van der Waals surface area contributed by atoms with Crippen LogP contribution >= 0.6 is 0 Å². The second-order valence-electron chi connectivity index (χ2n) is 16.1. The highest BCUT2D eigenvalue weighted by atomic mass is 15.1. The van der Waals surface area contributed by atoms with Gasteiger partial charge >= 0.3 is 0 Å². The molecule has 0 saturated heterocycles. The van der Waals surface area contributed by atoms with E-state index in [4.69, 9.17) is 0 Å². The number of para-hydroxylation sites is 6. The summed E-state index contributed by atoms with van der Waals surface area (Å²) in [6, 6.07) is 75.9. The van der Waals surface area contributed by atoms with E-state index >= 15 is 0 Å².